The number of benzene rings is 2. The molecule has 0 saturated carbocycles. The molecule has 0 aliphatic carbocycles. The standard InChI is InChI=1S/C19H24N2O4/c1-13(14-6-5-7-16(22)8-14)21(2)12-19(23)20-15-9-17(24-3)11-18(10-15)25-4/h5-11,13,22H,12H2,1-4H3,(H,20,23)/t13-/m0/s1. The van der Waals surface area contributed by atoms with Crippen LogP contribution in [0.1, 0.15) is 18.5 Å². The van der Waals surface area contributed by atoms with E-state index in [4.69, 9.17) is 9.47 Å². The maximum atomic E-state index is 12.3. The topological polar surface area (TPSA) is 71.0 Å². The van der Waals surface area contributed by atoms with Crippen molar-refractivity contribution in [3.8, 4) is 17.2 Å². The van der Waals surface area contributed by atoms with Gasteiger partial charge in [0.05, 0.1) is 20.8 Å². The first-order valence-corrected chi connectivity index (χ1v) is 7.95. The second-order valence-corrected chi connectivity index (χ2v) is 5.84. The van der Waals surface area contributed by atoms with Crippen LogP contribution in [0.4, 0.5) is 5.69 Å². The van der Waals surface area contributed by atoms with E-state index in [1.807, 2.05) is 24.9 Å². The van der Waals surface area contributed by atoms with Crippen LogP contribution in [0.5, 0.6) is 17.2 Å². The zero-order chi connectivity index (χ0) is 18.4. The van der Waals surface area contributed by atoms with Gasteiger partial charge in [-0.05, 0) is 31.7 Å². The molecule has 0 spiro atoms. The molecule has 0 bridgehead atoms. The van der Waals surface area contributed by atoms with Crippen LogP contribution in [0.2, 0.25) is 0 Å². The third kappa shape index (κ3) is 5.12. The predicted octanol–water partition coefficient (Wildman–Crippen LogP) is 3.04. The maximum absolute atomic E-state index is 12.3. The predicted molar refractivity (Wildman–Crippen MR) is 97.3 cm³/mol. The van der Waals surface area contributed by atoms with E-state index in [0.29, 0.717) is 17.2 Å². The van der Waals surface area contributed by atoms with Crippen molar-refractivity contribution < 1.29 is 19.4 Å². The van der Waals surface area contributed by atoms with Gasteiger partial charge in [-0.2, -0.15) is 0 Å². The lowest BCUT2D eigenvalue weighted by molar-refractivity contribution is -0.117. The Labute approximate surface area is 148 Å². The molecule has 6 nitrogen and oxygen atoms in total. The molecule has 2 aromatic rings. The number of carbonyl (C=O) groups excluding carboxylic acids is 1. The number of likely N-dealkylation sites (N-methyl/N-ethyl adjacent to an activating group) is 1. The van der Waals surface area contributed by atoms with Gasteiger partial charge in [0.1, 0.15) is 17.2 Å². The van der Waals surface area contributed by atoms with Gasteiger partial charge in [-0.25, -0.2) is 0 Å². The lowest BCUT2D eigenvalue weighted by atomic mass is 10.1. The first-order chi connectivity index (χ1) is 11.9. The Balaban J connectivity index is 2.02. The van der Waals surface area contributed by atoms with E-state index in [1.165, 1.54) is 0 Å². The van der Waals surface area contributed by atoms with Gasteiger partial charge in [-0.1, -0.05) is 12.1 Å². The van der Waals surface area contributed by atoms with E-state index in [1.54, 1.807) is 50.6 Å². The molecule has 0 unspecified atom stereocenters. The Bertz CT molecular complexity index is 711. The summed E-state index contributed by atoms with van der Waals surface area (Å²) in [5, 5.41) is 12.4. The van der Waals surface area contributed by atoms with Gasteiger partial charge in [-0.3, -0.25) is 9.69 Å². The van der Waals surface area contributed by atoms with Crippen LogP contribution in [0.25, 0.3) is 0 Å². The fourth-order valence-corrected chi connectivity index (χ4v) is 2.48. The number of amides is 1. The number of methoxy groups -OCH3 is 2. The van der Waals surface area contributed by atoms with E-state index < -0.39 is 0 Å². The molecule has 0 aliphatic rings. The monoisotopic (exact) mass is 344 g/mol. The molecule has 0 aliphatic heterocycles. The Morgan fingerprint density at radius 1 is 1.16 bits per heavy atom. The fourth-order valence-electron chi connectivity index (χ4n) is 2.48. The number of ether oxygens (including phenoxy) is 2. The van der Waals surface area contributed by atoms with Crippen molar-refractivity contribution in [2.24, 2.45) is 0 Å². The molecular formula is C19H24N2O4. The fraction of sp³-hybridized carbons (Fsp3) is 0.316. The SMILES string of the molecule is COc1cc(NC(=O)CN(C)[C@@H](C)c2cccc(O)c2)cc(OC)c1. The Morgan fingerprint density at radius 3 is 2.36 bits per heavy atom. The third-order valence-corrected chi connectivity index (χ3v) is 4.04. The van der Waals surface area contributed by atoms with Crippen molar-refractivity contribution in [3.05, 3.63) is 48.0 Å². The van der Waals surface area contributed by atoms with Crippen molar-refractivity contribution in [1.29, 1.82) is 0 Å². The van der Waals surface area contributed by atoms with Crippen molar-refractivity contribution >= 4 is 11.6 Å². The molecule has 0 heterocycles. The summed E-state index contributed by atoms with van der Waals surface area (Å²) >= 11 is 0. The minimum Gasteiger partial charge on any atom is -0.508 e. The van der Waals surface area contributed by atoms with Gasteiger partial charge >= 0.3 is 0 Å². The van der Waals surface area contributed by atoms with Crippen molar-refractivity contribution in [2.45, 2.75) is 13.0 Å². The molecule has 0 saturated heterocycles. The van der Waals surface area contributed by atoms with E-state index in [9.17, 15) is 9.90 Å². The summed E-state index contributed by atoms with van der Waals surface area (Å²) < 4.78 is 10.4. The smallest absolute Gasteiger partial charge is 0.238 e. The number of phenolic OH excluding ortho intramolecular Hbond substituents is 1. The highest BCUT2D eigenvalue weighted by Crippen LogP contribution is 2.26. The Kier molecular flexibility index (Phi) is 6.25. The van der Waals surface area contributed by atoms with Gasteiger partial charge in [0.25, 0.3) is 0 Å². The van der Waals surface area contributed by atoms with Gasteiger partial charge in [0.2, 0.25) is 5.91 Å². The zero-order valence-corrected chi connectivity index (χ0v) is 14.9. The lowest BCUT2D eigenvalue weighted by Gasteiger charge is -2.24. The normalized spacial score (nSPS) is 11.9. The van der Waals surface area contributed by atoms with Gasteiger partial charge in [-0.15, -0.1) is 0 Å². The molecule has 2 aromatic carbocycles. The summed E-state index contributed by atoms with van der Waals surface area (Å²) in [6.45, 7) is 2.19. The summed E-state index contributed by atoms with van der Waals surface area (Å²) in [5.74, 6) is 1.28. The molecule has 2 N–H and O–H groups in total. The summed E-state index contributed by atoms with van der Waals surface area (Å²) in [5.41, 5.74) is 1.55. The number of nitrogens with zero attached hydrogens (tertiary/aromatic N) is 1. The molecular weight excluding hydrogens is 320 g/mol. The number of anilines is 1. The van der Waals surface area contributed by atoms with Crippen LogP contribution in [0.15, 0.2) is 42.5 Å². The second-order valence-electron chi connectivity index (χ2n) is 5.84. The molecule has 2 rings (SSSR count). The van der Waals surface area contributed by atoms with Crippen molar-refractivity contribution in [2.75, 3.05) is 33.1 Å². The first kappa shape index (κ1) is 18.6. The minimum atomic E-state index is -0.148. The van der Waals surface area contributed by atoms with Gasteiger partial charge in [0.15, 0.2) is 0 Å². The molecule has 1 atom stereocenters. The maximum Gasteiger partial charge on any atom is 0.238 e. The van der Waals surface area contributed by atoms with Gasteiger partial charge in [0, 0.05) is 29.9 Å². The van der Waals surface area contributed by atoms with E-state index in [0.717, 1.165) is 5.56 Å². The summed E-state index contributed by atoms with van der Waals surface area (Å²) in [7, 11) is 4.98. The quantitative estimate of drug-likeness (QED) is 0.808. The second kappa shape index (κ2) is 8.39. The summed E-state index contributed by atoms with van der Waals surface area (Å²) in [6.07, 6.45) is 0. The number of rotatable bonds is 7. The van der Waals surface area contributed by atoms with Crippen molar-refractivity contribution in [3.63, 3.8) is 0 Å². The van der Waals surface area contributed by atoms with Crippen LogP contribution in [0.3, 0.4) is 0 Å². The molecule has 1 amide bonds. The largest absolute Gasteiger partial charge is 0.508 e. The Morgan fingerprint density at radius 2 is 1.80 bits per heavy atom. The Hall–Kier alpha value is -2.73. The van der Waals surface area contributed by atoms with E-state index >= 15 is 0 Å². The summed E-state index contributed by atoms with van der Waals surface area (Å²) in [6, 6.07) is 12.2. The average molecular weight is 344 g/mol. The highest BCUT2D eigenvalue weighted by molar-refractivity contribution is 5.92. The van der Waals surface area contributed by atoms with Crippen LogP contribution < -0.4 is 14.8 Å². The molecule has 0 radical (unpaired) electrons. The number of phenols is 1. The minimum absolute atomic E-state index is 0.0160. The molecule has 134 valence electrons. The van der Waals surface area contributed by atoms with E-state index in [2.05, 4.69) is 5.32 Å². The first-order valence-electron chi connectivity index (χ1n) is 7.95. The molecule has 0 fully saturated rings. The summed E-state index contributed by atoms with van der Waals surface area (Å²) in [4.78, 5) is 14.2. The number of aromatic hydroxyl groups is 1. The molecule has 0 aromatic heterocycles. The van der Waals surface area contributed by atoms with Crippen LogP contribution in [0, 0.1) is 0 Å². The van der Waals surface area contributed by atoms with Crippen LogP contribution >= 0.6 is 0 Å². The lowest BCUT2D eigenvalue weighted by Crippen LogP contribution is -2.32. The molecule has 25 heavy (non-hydrogen) atoms. The van der Waals surface area contributed by atoms with E-state index in [-0.39, 0.29) is 24.2 Å². The highest BCUT2D eigenvalue weighted by atomic mass is 16.5. The number of nitrogens with one attached hydrogen (secondary N) is 1. The third-order valence-electron chi connectivity index (χ3n) is 4.04. The van der Waals surface area contributed by atoms with Crippen molar-refractivity contribution in [1.82, 2.24) is 4.90 Å². The van der Waals surface area contributed by atoms with Gasteiger partial charge < -0.3 is 19.9 Å². The number of hydrogen-bond acceptors (Lipinski definition) is 5. The zero-order valence-electron chi connectivity index (χ0n) is 14.9. The van der Waals surface area contributed by atoms with Crippen LogP contribution in [-0.4, -0.2) is 43.7 Å². The van der Waals surface area contributed by atoms with Crippen LogP contribution in [-0.2, 0) is 4.79 Å². The number of hydrogen-bond donors (Lipinski definition) is 2. The average Bonchev–Trinajstić information content (AvgIpc) is 2.60. The number of carbonyl (C=O) groups is 1. The molecule has 6 heteroatoms. The highest BCUT2D eigenvalue weighted by Gasteiger charge is 2.16.